The third-order valence-corrected chi connectivity index (χ3v) is 3.43. The van der Waals surface area contributed by atoms with E-state index in [1.807, 2.05) is 0 Å². The topological polar surface area (TPSA) is 21.3 Å². The van der Waals surface area contributed by atoms with Crippen LogP contribution in [-0.2, 0) is 4.74 Å². The minimum atomic E-state index is 0.410. The zero-order valence-corrected chi connectivity index (χ0v) is 13.1. The first kappa shape index (κ1) is 17.9. The van der Waals surface area contributed by atoms with E-state index < -0.39 is 0 Å². The Hall–Kier alpha value is -0.0800. The molecular formula is C16H35NO. The van der Waals surface area contributed by atoms with Gasteiger partial charge in [-0.1, -0.05) is 52.9 Å². The normalized spacial score (nSPS) is 14.7. The Morgan fingerprint density at radius 1 is 0.833 bits per heavy atom. The summed E-state index contributed by atoms with van der Waals surface area (Å²) in [5.74, 6) is 0. The molecular weight excluding hydrogens is 222 g/mol. The van der Waals surface area contributed by atoms with Gasteiger partial charge in [-0.25, -0.2) is 0 Å². The predicted octanol–water partition coefficient (Wildman–Crippen LogP) is 4.53. The number of unbranched alkanes of at least 4 members (excludes halogenated alkanes) is 3. The van der Waals surface area contributed by atoms with E-state index in [9.17, 15) is 0 Å². The largest absolute Gasteiger partial charge is 0.377 e. The lowest BCUT2D eigenvalue weighted by molar-refractivity contribution is 0.0253. The lowest BCUT2D eigenvalue weighted by Crippen LogP contribution is -2.41. The van der Waals surface area contributed by atoms with Gasteiger partial charge >= 0.3 is 0 Å². The van der Waals surface area contributed by atoms with Crippen molar-refractivity contribution in [1.29, 1.82) is 0 Å². The third kappa shape index (κ3) is 8.93. The summed E-state index contributed by atoms with van der Waals surface area (Å²) in [5.41, 5.74) is 0. The van der Waals surface area contributed by atoms with Crippen LogP contribution in [0, 0.1) is 0 Å². The highest BCUT2D eigenvalue weighted by Gasteiger charge is 2.19. The molecule has 0 spiro atoms. The molecule has 0 radical (unpaired) electrons. The van der Waals surface area contributed by atoms with Crippen molar-refractivity contribution in [3.63, 3.8) is 0 Å². The zero-order chi connectivity index (χ0) is 13.6. The van der Waals surface area contributed by atoms with Crippen molar-refractivity contribution >= 4 is 0 Å². The van der Waals surface area contributed by atoms with Crippen LogP contribution in [0.4, 0.5) is 0 Å². The van der Waals surface area contributed by atoms with E-state index in [-0.39, 0.29) is 0 Å². The fourth-order valence-corrected chi connectivity index (χ4v) is 2.44. The Balaban J connectivity index is 4.13. The number of hydrogen-bond donors (Lipinski definition) is 1. The van der Waals surface area contributed by atoms with Gasteiger partial charge in [0.15, 0.2) is 0 Å². The molecule has 0 bridgehead atoms. The average molecular weight is 257 g/mol. The fraction of sp³-hybridized carbons (Fsp3) is 1.00. The highest BCUT2D eigenvalue weighted by Crippen LogP contribution is 2.15. The summed E-state index contributed by atoms with van der Waals surface area (Å²) in [4.78, 5) is 0. The van der Waals surface area contributed by atoms with E-state index in [1.54, 1.807) is 0 Å². The van der Waals surface area contributed by atoms with Crippen molar-refractivity contribution in [3.8, 4) is 0 Å². The van der Waals surface area contributed by atoms with Gasteiger partial charge in [0, 0.05) is 12.6 Å². The summed E-state index contributed by atoms with van der Waals surface area (Å²) < 4.78 is 5.94. The van der Waals surface area contributed by atoms with E-state index in [2.05, 4.69) is 33.0 Å². The first-order valence-electron chi connectivity index (χ1n) is 8.14. The minimum Gasteiger partial charge on any atom is -0.377 e. The first-order valence-corrected chi connectivity index (χ1v) is 8.14. The molecule has 0 aliphatic heterocycles. The van der Waals surface area contributed by atoms with Crippen LogP contribution < -0.4 is 5.32 Å². The van der Waals surface area contributed by atoms with Gasteiger partial charge in [0.05, 0.1) is 6.10 Å². The monoisotopic (exact) mass is 257 g/mol. The molecule has 1 N–H and O–H groups in total. The molecule has 0 aromatic heterocycles. The van der Waals surface area contributed by atoms with Gasteiger partial charge in [-0.3, -0.25) is 0 Å². The standard InChI is InChI=1S/C16H35NO/c1-5-9-10-11-13-15(17-14-7-3)16(12-6-2)18-8-4/h15-17H,5-14H2,1-4H3. The second-order valence-corrected chi connectivity index (χ2v) is 5.19. The molecule has 0 aliphatic carbocycles. The fourth-order valence-electron chi connectivity index (χ4n) is 2.44. The molecule has 0 aliphatic rings. The Labute approximate surface area is 115 Å². The Bertz CT molecular complexity index is 155. The molecule has 18 heavy (non-hydrogen) atoms. The van der Waals surface area contributed by atoms with Crippen molar-refractivity contribution in [2.45, 2.75) is 91.2 Å². The Morgan fingerprint density at radius 3 is 2.17 bits per heavy atom. The van der Waals surface area contributed by atoms with E-state index in [0.29, 0.717) is 12.1 Å². The maximum atomic E-state index is 5.94. The van der Waals surface area contributed by atoms with Gasteiger partial charge < -0.3 is 10.1 Å². The molecule has 0 aromatic carbocycles. The van der Waals surface area contributed by atoms with Crippen molar-refractivity contribution < 1.29 is 4.74 Å². The number of rotatable bonds is 13. The molecule has 0 saturated heterocycles. The summed E-state index contributed by atoms with van der Waals surface area (Å²) in [6.07, 6.45) is 10.7. The summed E-state index contributed by atoms with van der Waals surface area (Å²) in [7, 11) is 0. The highest BCUT2D eigenvalue weighted by molar-refractivity contribution is 4.77. The lowest BCUT2D eigenvalue weighted by Gasteiger charge is -2.28. The van der Waals surface area contributed by atoms with Crippen LogP contribution in [0.25, 0.3) is 0 Å². The summed E-state index contributed by atoms with van der Waals surface area (Å²) in [6, 6.07) is 0.557. The molecule has 0 rings (SSSR count). The quantitative estimate of drug-likeness (QED) is 0.489. The number of nitrogens with one attached hydrogen (secondary N) is 1. The molecule has 0 amide bonds. The number of ether oxygens (including phenoxy) is 1. The van der Waals surface area contributed by atoms with Gasteiger partial charge in [0.1, 0.15) is 0 Å². The van der Waals surface area contributed by atoms with E-state index in [1.165, 1.54) is 51.4 Å². The van der Waals surface area contributed by atoms with Crippen LogP contribution >= 0.6 is 0 Å². The predicted molar refractivity (Wildman–Crippen MR) is 81.2 cm³/mol. The Kier molecular flexibility index (Phi) is 13.3. The lowest BCUT2D eigenvalue weighted by atomic mass is 9.99. The SMILES string of the molecule is CCCCCCC(NCCC)C(CCC)OCC. The van der Waals surface area contributed by atoms with Gasteiger partial charge in [-0.15, -0.1) is 0 Å². The van der Waals surface area contributed by atoms with Crippen LogP contribution in [0.3, 0.4) is 0 Å². The second kappa shape index (κ2) is 13.4. The van der Waals surface area contributed by atoms with Crippen molar-refractivity contribution in [2.75, 3.05) is 13.2 Å². The Morgan fingerprint density at radius 2 is 1.61 bits per heavy atom. The van der Waals surface area contributed by atoms with Crippen molar-refractivity contribution in [3.05, 3.63) is 0 Å². The average Bonchev–Trinajstić information content (AvgIpc) is 2.38. The van der Waals surface area contributed by atoms with Gasteiger partial charge in [-0.05, 0) is 32.7 Å². The molecule has 2 nitrogen and oxygen atoms in total. The molecule has 2 atom stereocenters. The molecule has 0 aromatic rings. The van der Waals surface area contributed by atoms with E-state index >= 15 is 0 Å². The van der Waals surface area contributed by atoms with E-state index in [0.717, 1.165) is 13.2 Å². The van der Waals surface area contributed by atoms with Crippen LogP contribution in [0.5, 0.6) is 0 Å². The van der Waals surface area contributed by atoms with Gasteiger partial charge in [0.25, 0.3) is 0 Å². The van der Waals surface area contributed by atoms with Gasteiger partial charge in [0.2, 0.25) is 0 Å². The zero-order valence-electron chi connectivity index (χ0n) is 13.1. The number of hydrogen-bond acceptors (Lipinski definition) is 2. The van der Waals surface area contributed by atoms with Crippen LogP contribution in [-0.4, -0.2) is 25.3 Å². The second-order valence-electron chi connectivity index (χ2n) is 5.19. The molecule has 0 saturated carbocycles. The summed E-state index contributed by atoms with van der Waals surface area (Å²) in [6.45, 7) is 10.8. The van der Waals surface area contributed by atoms with Crippen molar-refractivity contribution in [1.82, 2.24) is 5.32 Å². The third-order valence-electron chi connectivity index (χ3n) is 3.43. The molecule has 0 fully saturated rings. The smallest absolute Gasteiger partial charge is 0.0727 e. The molecule has 2 heteroatoms. The summed E-state index contributed by atoms with van der Waals surface area (Å²) in [5, 5.41) is 3.69. The molecule has 2 unspecified atom stereocenters. The van der Waals surface area contributed by atoms with Crippen LogP contribution in [0.2, 0.25) is 0 Å². The first-order chi connectivity index (χ1) is 8.79. The van der Waals surface area contributed by atoms with E-state index in [4.69, 9.17) is 4.74 Å². The van der Waals surface area contributed by atoms with Crippen molar-refractivity contribution in [2.24, 2.45) is 0 Å². The minimum absolute atomic E-state index is 0.410. The summed E-state index contributed by atoms with van der Waals surface area (Å²) >= 11 is 0. The van der Waals surface area contributed by atoms with Crippen LogP contribution in [0.1, 0.15) is 79.1 Å². The maximum absolute atomic E-state index is 5.94. The van der Waals surface area contributed by atoms with Gasteiger partial charge in [-0.2, -0.15) is 0 Å². The van der Waals surface area contributed by atoms with Crippen LogP contribution in [0.15, 0.2) is 0 Å². The molecule has 110 valence electrons. The maximum Gasteiger partial charge on any atom is 0.0727 e. The molecule has 0 heterocycles. The highest BCUT2D eigenvalue weighted by atomic mass is 16.5.